The molecular weight excluding hydrogens is 196 g/mol. The van der Waals surface area contributed by atoms with Gasteiger partial charge in [0, 0.05) is 5.92 Å². The molecule has 4 heteroatoms. The van der Waals surface area contributed by atoms with Crippen molar-refractivity contribution >= 4 is 11.8 Å². The van der Waals surface area contributed by atoms with E-state index in [0.717, 1.165) is 6.26 Å². The highest BCUT2D eigenvalue weighted by Gasteiger charge is 2.24. The number of aliphatic carboxylic acids is 1. The first kappa shape index (κ1) is 13.7. The molecule has 0 aliphatic rings. The zero-order valence-corrected chi connectivity index (χ0v) is 9.45. The molecule has 0 aliphatic heterocycles. The van der Waals surface area contributed by atoms with Gasteiger partial charge >= 0.3 is 5.97 Å². The first-order chi connectivity index (χ1) is 7.08. The summed E-state index contributed by atoms with van der Waals surface area (Å²) in [5.74, 6) is -1.80. The van der Waals surface area contributed by atoms with Crippen LogP contribution >= 0.6 is 0 Å². The predicted octanol–water partition coefficient (Wildman–Crippen LogP) is 2.00. The Bertz CT molecular complexity index is 251. The van der Waals surface area contributed by atoms with Crippen molar-refractivity contribution in [1.29, 1.82) is 0 Å². The van der Waals surface area contributed by atoms with Crippen molar-refractivity contribution in [3.63, 3.8) is 0 Å². The van der Waals surface area contributed by atoms with Gasteiger partial charge in [-0.15, -0.1) is 0 Å². The Labute approximate surface area is 89.9 Å². The molecule has 0 rings (SSSR count). The average Bonchev–Trinajstić information content (AvgIpc) is 2.19. The van der Waals surface area contributed by atoms with Gasteiger partial charge in [0.15, 0.2) is 5.78 Å². The normalized spacial score (nSPS) is 11.6. The number of carboxylic acid groups (broad SMARTS) is 1. The first-order valence-electron chi connectivity index (χ1n) is 5.17. The molecule has 0 aromatic rings. The monoisotopic (exact) mass is 214 g/mol. The van der Waals surface area contributed by atoms with Crippen LogP contribution in [-0.4, -0.2) is 23.5 Å². The molecular formula is C11H18O4. The van der Waals surface area contributed by atoms with Gasteiger partial charge in [-0.25, -0.2) is 4.79 Å². The molecule has 4 nitrogen and oxygen atoms in total. The number of carbonyl (C=O) groups is 2. The molecule has 0 saturated heterocycles. The lowest BCUT2D eigenvalue weighted by Crippen LogP contribution is -2.21. The highest BCUT2D eigenvalue weighted by Crippen LogP contribution is 2.14. The maximum absolute atomic E-state index is 11.7. The molecule has 0 saturated carbocycles. The molecule has 0 spiro atoms. The number of ether oxygens (including phenoxy) is 1. The number of Topliss-reactive ketones (excluding diaryl/α,β-unsaturated/α-hetero) is 1. The number of carbonyl (C=O) groups excluding carboxylic acids is 1. The van der Waals surface area contributed by atoms with Crippen LogP contribution in [0.25, 0.3) is 0 Å². The summed E-state index contributed by atoms with van der Waals surface area (Å²) in [5, 5.41) is 8.84. The number of hydrogen-bond acceptors (Lipinski definition) is 3. The van der Waals surface area contributed by atoms with E-state index in [1.807, 2.05) is 13.8 Å². The van der Waals surface area contributed by atoms with Gasteiger partial charge in [0.25, 0.3) is 0 Å². The van der Waals surface area contributed by atoms with E-state index in [4.69, 9.17) is 9.84 Å². The molecule has 0 bridgehead atoms. The predicted molar refractivity (Wildman–Crippen MR) is 56.4 cm³/mol. The summed E-state index contributed by atoms with van der Waals surface area (Å²) < 4.78 is 4.85. The van der Waals surface area contributed by atoms with Crippen LogP contribution in [0.2, 0.25) is 0 Å². The van der Waals surface area contributed by atoms with E-state index >= 15 is 0 Å². The topological polar surface area (TPSA) is 63.6 Å². The summed E-state index contributed by atoms with van der Waals surface area (Å²) >= 11 is 0. The van der Waals surface area contributed by atoms with E-state index in [1.165, 1.54) is 0 Å². The van der Waals surface area contributed by atoms with Gasteiger partial charge in [-0.2, -0.15) is 0 Å². The van der Waals surface area contributed by atoms with Crippen LogP contribution in [0.15, 0.2) is 11.8 Å². The summed E-state index contributed by atoms with van der Waals surface area (Å²) in [5.41, 5.74) is -0.259. The Kier molecular flexibility index (Phi) is 6.42. The third-order valence-corrected chi connectivity index (χ3v) is 2.22. The van der Waals surface area contributed by atoms with Gasteiger partial charge in [-0.05, 0) is 19.8 Å². The number of hydrogen-bond donors (Lipinski definition) is 1. The quantitative estimate of drug-likeness (QED) is 0.305. The second-order valence-corrected chi connectivity index (χ2v) is 3.17. The molecule has 0 fully saturated rings. The molecule has 0 amide bonds. The van der Waals surface area contributed by atoms with Crippen molar-refractivity contribution < 1.29 is 19.4 Å². The molecule has 0 atom stereocenters. The largest absolute Gasteiger partial charge is 0.500 e. The second kappa shape index (κ2) is 7.04. The highest BCUT2D eigenvalue weighted by atomic mass is 16.5. The van der Waals surface area contributed by atoms with Crippen molar-refractivity contribution in [3.05, 3.63) is 11.8 Å². The van der Waals surface area contributed by atoms with Gasteiger partial charge in [0.1, 0.15) is 11.8 Å². The van der Waals surface area contributed by atoms with Crippen molar-refractivity contribution in [1.82, 2.24) is 0 Å². The molecule has 0 aliphatic carbocycles. The van der Waals surface area contributed by atoms with Gasteiger partial charge in [0.2, 0.25) is 0 Å². The first-order valence-corrected chi connectivity index (χ1v) is 5.17. The van der Waals surface area contributed by atoms with Crippen LogP contribution in [0.3, 0.4) is 0 Å². The third-order valence-electron chi connectivity index (χ3n) is 2.22. The summed E-state index contributed by atoms with van der Waals surface area (Å²) in [6.45, 7) is 5.82. The average molecular weight is 214 g/mol. The SMILES string of the molecule is CCO/C=C(\C(=O)O)C(=O)C(CC)CC. The van der Waals surface area contributed by atoms with E-state index in [-0.39, 0.29) is 17.3 Å². The maximum atomic E-state index is 11.7. The smallest absolute Gasteiger partial charge is 0.342 e. The minimum atomic E-state index is -1.22. The summed E-state index contributed by atoms with van der Waals surface area (Å²) in [4.78, 5) is 22.5. The Morgan fingerprint density at radius 2 is 1.80 bits per heavy atom. The second-order valence-electron chi connectivity index (χ2n) is 3.17. The zero-order valence-electron chi connectivity index (χ0n) is 9.45. The summed E-state index contributed by atoms with van der Waals surface area (Å²) in [6.07, 6.45) is 2.33. The fraction of sp³-hybridized carbons (Fsp3) is 0.636. The third kappa shape index (κ3) is 4.14. The van der Waals surface area contributed by atoms with Crippen LogP contribution in [0, 0.1) is 5.92 Å². The molecule has 1 N–H and O–H groups in total. The molecule has 0 heterocycles. The standard InChI is InChI=1S/C11H18O4/c1-4-8(5-2)10(12)9(11(13)14)7-15-6-3/h7-8H,4-6H2,1-3H3,(H,13,14)/b9-7-. The molecule has 0 radical (unpaired) electrons. The fourth-order valence-electron chi connectivity index (χ4n) is 1.26. The number of carboxylic acids is 1. The Balaban J connectivity index is 4.77. The maximum Gasteiger partial charge on any atom is 0.342 e. The van der Waals surface area contributed by atoms with Crippen LogP contribution < -0.4 is 0 Å². The molecule has 0 unspecified atom stereocenters. The Morgan fingerprint density at radius 1 is 1.27 bits per heavy atom. The lowest BCUT2D eigenvalue weighted by Gasteiger charge is -2.10. The molecule has 0 aromatic carbocycles. The van der Waals surface area contributed by atoms with E-state index in [0.29, 0.717) is 19.4 Å². The molecule has 15 heavy (non-hydrogen) atoms. The highest BCUT2D eigenvalue weighted by molar-refractivity contribution is 6.17. The molecule has 86 valence electrons. The minimum absolute atomic E-state index is 0.229. The van der Waals surface area contributed by atoms with Gasteiger partial charge < -0.3 is 9.84 Å². The Hall–Kier alpha value is -1.32. The minimum Gasteiger partial charge on any atom is -0.500 e. The van der Waals surface area contributed by atoms with E-state index in [9.17, 15) is 9.59 Å². The Morgan fingerprint density at radius 3 is 2.13 bits per heavy atom. The lowest BCUT2D eigenvalue weighted by atomic mass is 9.93. The zero-order chi connectivity index (χ0) is 11.8. The van der Waals surface area contributed by atoms with Crippen molar-refractivity contribution in [2.45, 2.75) is 33.6 Å². The molecule has 0 aromatic heterocycles. The number of ketones is 1. The van der Waals surface area contributed by atoms with Crippen LogP contribution in [-0.2, 0) is 14.3 Å². The van der Waals surface area contributed by atoms with E-state index in [1.54, 1.807) is 6.92 Å². The van der Waals surface area contributed by atoms with Crippen LogP contribution in [0.4, 0.5) is 0 Å². The van der Waals surface area contributed by atoms with Gasteiger partial charge in [-0.3, -0.25) is 4.79 Å². The van der Waals surface area contributed by atoms with Crippen molar-refractivity contribution in [2.24, 2.45) is 5.92 Å². The van der Waals surface area contributed by atoms with E-state index < -0.39 is 5.97 Å². The van der Waals surface area contributed by atoms with Crippen LogP contribution in [0.1, 0.15) is 33.6 Å². The fourth-order valence-corrected chi connectivity index (χ4v) is 1.26. The summed E-state index contributed by atoms with van der Waals surface area (Å²) in [7, 11) is 0. The summed E-state index contributed by atoms with van der Waals surface area (Å²) in [6, 6.07) is 0. The lowest BCUT2D eigenvalue weighted by molar-refractivity contribution is -0.135. The van der Waals surface area contributed by atoms with E-state index in [2.05, 4.69) is 0 Å². The van der Waals surface area contributed by atoms with Crippen LogP contribution in [0.5, 0.6) is 0 Å². The van der Waals surface area contributed by atoms with Crippen molar-refractivity contribution in [2.75, 3.05) is 6.61 Å². The van der Waals surface area contributed by atoms with Gasteiger partial charge in [-0.1, -0.05) is 13.8 Å². The van der Waals surface area contributed by atoms with Gasteiger partial charge in [0.05, 0.1) is 6.61 Å². The number of rotatable bonds is 7. The van der Waals surface area contributed by atoms with Crippen molar-refractivity contribution in [3.8, 4) is 0 Å².